The van der Waals surface area contributed by atoms with Crippen molar-refractivity contribution in [3.05, 3.63) is 58.4 Å². The Morgan fingerprint density at radius 2 is 1.81 bits per heavy atom. The molecule has 0 spiro atoms. The zero-order valence-electron chi connectivity index (χ0n) is 15.8. The van der Waals surface area contributed by atoms with E-state index in [1.54, 1.807) is 18.9 Å². The highest BCUT2D eigenvalue weighted by atomic mass is 35.5. The summed E-state index contributed by atoms with van der Waals surface area (Å²) in [6, 6.07) is 8.98. The van der Waals surface area contributed by atoms with E-state index in [0.29, 0.717) is 5.69 Å². The molecule has 0 heterocycles. The molecule has 1 atom stereocenters. The van der Waals surface area contributed by atoms with Gasteiger partial charge < -0.3 is 10.6 Å². The van der Waals surface area contributed by atoms with Crippen molar-refractivity contribution >= 4 is 34.8 Å². The van der Waals surface area contributed by atoms with Crippen LogP contribution in [0.3, 0.4) is 0 Å². The number of hydrogen-bond donors (Lipinski definition) is 2. The number of nitrogens with zero attached hydrogens (tertiary/aromatic N) is 1. The molecule has 0 saturated heterocycles. The lowest BCUT2D eigenvalue weighted by Crippen LogP contribution is -2.43. The van der Waals surface area contributed by atoms with Gasteiger partial charge in [0.25, 0.3) is 0 Å². The van der Waals surface area contributed by atoms with Crippen molar-refractivity contribution in [3.8, 4) is 0 Å². The third-order valence-electron chi connectivity index (χ3n) is 4.29. The molecule has 2 aromatic carbocycles. The second-order valence-electron chi connectivity index (χ2n) is 6.57. The number of carbonyl (C=O) groups excluding carboxylic acids is 2. The first-order valence-corrected chi connectivity index (χ1v) is 8.88. The summed E-state index contributed by atoms with van der Waals surface area (Å²) in [6.45, 7) is 5.59. The standard InChI is InChI=1S/C20H23ClFN3O2/c1-12-5-6-13(2)18(9-12)23-19(26)11-25(4)14(3)20(27)24-17-8-7-15(22)10-16(17)21/h5-10,14H,11H2,1-4H3,(H,23,26)(H,24,27). The van der Waals surface area contributed by atoms with Gasteiger partial charge in [0.1, 0.15) is 5.82 Å². The average Bonchev–Trinajstić information content (AvgIpc) is 2.59. The quantitative estimate of drug-likeness (QED) is 0.782. The van der Waals surface area contributed by atoms with Crippen LogP contribution in [0.4, 0.5) is 15.8 Å². The van der Waals surface area contributed by atoms with Crippen LogP contribution < -0.4 is 10.6 Å². The maximum atomic E-state index is 13.1. The summed E-state index contributed by atoms with van der Waals surface area (Å²) < 4.78 is 13.1. The van der Waals surface area contributed by atoms with E-state index in [1.165, 1.54) is 12.1 Å². The number of aryl methyl sites for hydroxylation is 2. The van der Waals surface area contributed by atoms with E-state index in [2.05, 4.69) is 10.6 Å². The van der Waals surface area contributed by atoms with Crippen molar-refractivity contribution in [2.45, 2.75) is 26.8 Å². The molecule has 2 rings (SSSR count). The van der Waals surface area contributed by atoms with Crippen LogP contribution in [0, 0.1) is 19.7 Å². The molecule has 2 amide bonds. The lowest BCUT2D eigenvalue weighted by molar-refractivity contribution is -0.122. The topological polar surface area (TPSA) is 61.4 Å². The number of benzene rings is 2. The van der Waals surface area contributed by atoms with Gasteiger partial charge in [-0.3, -0.25) is 14.5 Å². The fourth-order valence-electron chi connectivity index (χ4n) is 2.45. The Labute approximate surface area is 163 Å². The zero-order chi connectivity index (χ0) is 20.1. The first kappa shape index (κ1) is 20.9. The van der Waals surface area contributed by atoms with Gasteiger partial charge in [0, 0.05) is 5.69 Å². The summed E-state index contributed by atoms with van der Waals surface area (Å²) in [6.07, 6.45) is 0. The SMILES string of the molecule is Cc1ccc(C)c(NC(=O)CN(C)C(C)C(=O)Nc2ccc(F)cc2Cl)c1. The van der Waals surface area contributed by atoms with E-state index >= 15 is 0 Å². The number of likely N-dealkylation sites (N-methyl/N-ethyl adjacent to an activating group) is 1. The monoisotopic (exact) mass is 391 g/mol. The summed E-state index contributed by atoms with van der Waals surface area (Å²) in [5.74, 6) is -1.04. The van der Waals surface area contributed by atoms with E-state index in [0.717, 1.165) is 22.9 Å². The van der Waals surface area contributed by atoms with Crippen molar-refractivity contribution in [2.75, 3.05) is 24.2 Å². The molecule has 0 saturated carbocycles. The lowest BCUT2D eigenvalue weighted by Gasteiger charge is -2.23. The molecular weight excluding hydrogens is 369 g/mol. The summed E-state index contributed by atoms with van der Waals surface area (Å²) in [5.41, 5.74) is 3.09. The Kier molecular flexibility index (Phi) is 6.93. The van der Waals surface area contributed by atoms with Gasteiger partial charge in [-0.1, -0.05) is 23.7 Å². The number of hydrogen-bond acceptors (Lipinski definition) is 3. The highest BCUT2D eigenvalue weighted by Crippen LogP contribution is 2.22. The predicted octanol–water partition coefficient (Wildman–Crippen LogP) is 3.99. The van der Waals surface area contributed by atoms with Gasteiger partial charge in [-0.25, -0.2) is 4.39 Å². The minimum atomic E-state index is -0.588. The Morgan fingerprint density at radius 3 is 2.48 bits per heavy atom. The summed E-state index contributed by atoms with van der Waals surface area (Å²) >= 11 is 5.93. The van der Waals surface area contributed by atoms with Gasteiger partial charge in [0.05, 0.1) is 23.3 Å². The van der Waals surface area contributed by atoms with Crippen molar-refractivity contribution in [1.29, 1.82) is 0 Å². The van der Waals surface area contributed by atoms with Crippen molar-refractivity contribution in [1.82, 2.24) is 4.90 Å². The van der Waals surface area contributed by atoms with Gasteiger partial charge in [-0.05, 0) is 63.2 Å². The molecule has 0 fully saturated rings. The first-order chi connectivity index (χ1) is 12.7. The molecule has 1 unspecified atom stereocenters. The number of carbonyl (C=O) groups is 2. The Balaban J connectivity index is 1.95. The van der Waals surface area contributed by atoms with Crippen molar-refractivity contribution in [3.63, 3.8) is 0 Å². The molecule has 0 bridgehead atoms. The smallest absolute Gasteiger partial charge is 0.241 e. The van der Waals surface area contributed by atoms with E-state index in [1.807, 2.05) is 32.0 Å². The van der Waals surface area contributed by atoms with Crippen LogP contribution >= 0.6 is 11.6 Å². The van der Waals surface area contributed by atoms with Crippen LogP contribution in [-0.2, 0) is 9.59 Å². The molecule has 0 aliphatic heterocycles. The normalized spacial score (nSPS) is 12.0. The van der Waals surface area contributed by atoms with Gasteiger partial charge in [0.2, 0.25) is 11.8 Å². The van der Waals surface area contributed by atoms with Crippen molar-refractivity contribution < 1.29 is 14.0 Å². The molecule has 27 heavy (non-hydrogen) atoms. The third-order valence-corrected chi connectivity index (χ3v) is 4.60. The number of rotatable bonds is 6. The van der Waals surface area contributed by atoms with Crippen LogP contribution in [0.15, 0.2) is 36.4 Å². The summed E-state index contributed by atoms with van der Waals surface area (Å²) in [7, 11) is 1.68. The van der Waals surface area contributed by atoms with Crippen LogP contribution in [0.2, 0.25) is 5.02 Å². The zero-order valence-corrected chi connectivity index (χ0v) is 16.5. The molecule has 5 nitrogen and oxygen atoms in total. The highest BCUT2D eigenvalue weighted by Gasteiger charge is 2.21. The maximum absolute atomic E-state index is 13.1. The van der Waals surface area contributed by atoms with Crippen LogP contribution in [0.1, 0.15) is 18.1 Å². The van der Waals surface area contributed by atoms with Gasteiger partial charge >= 0.3 is 0 Å². The Morgan fingerprint density at radius 1 is 1.11 bits per heavy atom. The van der Waals surface area contributed by atoms with Crippen molar-refractivity contribution in [2.24, 2.45) is 0 Å². The summed E-state index contributed by atoms with van der Waals surface area (Å²) in [5, 5.41) is 5.63. The Hall–Kier alpha value is -2.44. The van der Waals surface area contributed by atoms with E-state index < -0.39 is 11.9 Å². The maximum Gasteiger partial charge on any atom is 0.241 e. The highest BCUT2D eigenvalue weighted by molar-refractivity contribution is 6.33. The predicted molar refractivity (Wildman–Crippen MR) is 107 cm³/mol. The fourth-order valence-corrected chi connectivity index (χ4v) is 2.67. The molecule has 0 aromatic heterocycles. The van der Waals surface area contributed by atoms with E-state index in [9.17, 15) is 14.0 Å². The largest absolute Gasteiger partial charge is 0.325 e. The molecule has 0 aliphatic rings. The molecule has 2 aromatic rings. The third kappa shape index (κ3) is 5.77. The molecule has 0 radical (unpaired) electrons. The first-order valence-electron chi connectivity index (χ1n) is 8.50. The fraction of sp³-hybridized carbons (Fsp3) is 0.300. The molecular formula is C20H23ClFN3O2. The van der Waals surface area contributed by atoms with E-state index in [4.69, 9.17) is 11.6 Å². The molecule has 2 N–H and O–H groups in total. The second kappa shape index (κ2) is 8.97. The minimum Gasteiger partial charge on any atom is -0.325 e. The number of amides is 2. The average molecular weight is 392 g/mol. The summed E-state index contributed by atoms with van der Waals surface area (Å²) in [4.78, 5) is 26.3. The number of nitrogens with one attached hydrogen (secondary N) is 2. The number of halogens is 2. The number of anilines is 2. The molecule has 0 aliphatic carbocycles. The minimum absolute atomic E-state index is 0.0408. The Bertz CT molecular complexity index is 857. The van der Waals surface area contributed by atoms with Crippen LogP contribution in [0.5, 0.6) is 0 Å². The second-order valence-corrected chi connectivity index (χ2v) is 6.98. The van der Waals surface area contributed by atoms with Crippen LogP contribution in [0.25, 0.3) is 0 Å². The van der Waals surface area contributed by atoms with E-state index in [-0.39, 0.29) is 23.4 Å². The van der Waals surface area contributed by atoms with Crippen LogP contribution in [-0.4, -0.2) is 36.3 Å². The van der Waals surface area contributed by atoms with Gasteiger partial charge in [0.15, 0.2) is 0 Å². The van der Waals surface area contributed by atoms with Gasteiger partial charge in [-0.15, -0.1) is 0 Å². The van der Waals surface area contributed by atoms with Gasteiger partial charge in [-0.2, -0.15) is 0 Å². The molecule has 144 valence electrons. The molecule has 7 heteroatoms. The lowest BCUT2D eigenvalue weighted by atomic mass is 10.1.